The zero-order valence-electron chi connectivity index (χ0n) is 37.2. The van der Waals surface area contributed by atoms with E-state index in [1.165, 1.54) is 4.90 Å². The predicted octanol–water partition coefficient (Wildman–Crippen LogP) is 7.22. The Morgan fingerprint density at radius 3 is 1.90 bits per heavy atom. The van der Waals surface area contributed by atoms with Crippen molar-refractivity contribution in [2.45, 2.75) is 102 Å². The number of aromatic nitrogens is 1. The lowest BCUT2D eigenvalue weighted by Gasteiger charge is -2.31. The van der Waals surface area contributed by atoms with Gasteiger partial charge in [-0.1, -0.05) is 92.7 Å². The second kappa shape index (κ2) is 23.1. The van der Waals surface area contributed by atoms with Crippen molar-refractivity contribution in [3.8, 4) is 0 Å². The fourth-order valence-corrected chi connectivity index (χ4v) is 8.11. The molecule has 1 aromatic heterocycles. The Hall–Kier alpha value is -6.40. The van der Waals surface area contributed by atoms with Crippen LogP contribution in [0.3, 0.4) is 0 Å². The average Bonchev–Trinajstić information content (AvgIpc) is 3.95. The first-order chi connectivity index (χ1) is 31.8. The fourth-order valence-electron chi connectivity index (χ4n) is 8.11. The Morgan fingerprint density at radius 2 is 1.29 bits per heavy atom. The summed E-state index contributed by atoms with van der Waals surface area (Å²) in [4.78, 5) is 74.5. The summed E-state index contributed by atoms with van der Waals surface area (Å²) in [5.74, 6) is -3.96. The van der Waals surface area contributed by atoms with Crippen LogP contribution in [0.5, 0.6) is 0 Å². The average molecular weight is 971 g/mol. The van der Waals surface area contributed by atoms with E-state index in [9.17, 15) is 50.3 Å². The van der Waals surface area contributed by atoms with Gasteiger partial charge < -0.3 is 36.3 Å². The number of esters is 1. The monoisotopic (exact) mass is 970 g/mol. The van der Waals surface area contributed by atoms with E-state index in [2.05, 4.69) is 20.9 Å². The van der Waals surface area contributed by atoms with Crippen LogP contribution in [-0.4, -0.2) is 76.2 Å². The number of hydrogen-bond acceptors (Lipinski definition) is 7. The van der Waals surface area contributed by atoms with Gasteiger partial charge in [-0.25, -0.2) is 4.79 Å². The molecule has 0 unspecified atom stereocenters. The van der Waals surface area contributed by atoms with Crippen LogP contribution in [0, 0.1) is 5.92 Å². The maximum atomic E-state index is 14.4. The number of halogens is 7. The number of ether oxygens (including phenoxy) is 1. The Labute approximate surface area is 395 Å². The van der Waals surface area contributed by atoms with E-state index in [0.29, 0.717) is 35.0 Å². The first kappa shape index (κ1) is 52.6. The summed E-state index contributed by atoms with van der Waals surface area (Å²) in [5.41, 5.74) is 5.30. The fraction of sp³-hybridized carbons (Fsp3) is 0.367. The van der Waals surface area contributed by atoms with Gasteiger partial charge in [0.15, 0.2) is 0 Å². The van der Waals surface area contributed by atoms with Crippen molar-refractivity contribution in [3.63, 3.8) is 0 Å². The minimum atomic E-state index is -5.14. The number of carbonyl (C=O) groups is 5. The maximum absolute atomic E-state index is 14.4. The molecule has 19 heteroatoms. The third-order valence-electron chi connectivity index (χ3n) is 11.4. The highest BCUT2D eigenvalue weighted by atomic mass is 35.5. The van der Waals surface area contributed by atoms with Crippen molar-refractivity contribution in [1.82, 2.24) is 25.8 Å². The summed E-state index contributed by atoms with van der Waals surface area (Å²) >= 11 is 0. The van der Waals surface area contributed by atoms with Gasteiger partial charge >= 0.3 is 18.3 Å². The van der Waals surface area contributed by atoms with Crippen molar-refractivity contribution in [2.24, 2.45) is 11.7 Å². The Morgan fingerprint density at radius 1 is 0.721 bits per heavy atom. The number of aromatic amines is 1. The van der Waals surface area contributed by atoms with Crippen molar-refractivity contribution in [3.05, 3.63) is 143 Å². The number of fused-ring (bicyclic) bond motifs is 1. The van der Waals surface area contributed by atoms with Gasteiger partial charge in [-0.15, -0.1) is 12.4 Å². The van der Waals surface area contributed by atoms with Gasteiger partial charge in [0, 0.05) is 36.5 Å². The molecule has 0 radical (unpaired) electrons. The molecule has 1 fully saturated rings. The molecule has 0 bridgehead atoms. The SMILES string of the molecule is CC(C)C[C@H](NC(=O)[C@@H]1CCCN1C(=O)[C@@H](Cc1ccccc1)NC(=O)[C@@H](N)Cc1ccccc1)C(=O)N[C@@H](Cc1c[nH]c2ccccc12)C(=O)OCc1cc(C(F)(F)F)cc(C(F)(F)F)c1.Cl. The van der Waals surface area contributed by atoms with Gasteiger partial charge in [-0.2, -0.15) is 26.3 Å². The molecule has 0 saturated carbocycles. The standard InChI is InChI=1S/C49H52F6N6O6.ClH/c1-29(2)20-39(58-45(64)42-18-11-19-61(42)46(65)40(24-31-14-7-4-8-15-31)59-43(62)37(56)23-30-12-5-3-6-13-30)44(63)60-41(25-33-27-57-38-17-10-9-16-36(33)38)47(66)67-28-32-21-34(48(50,51)52)26-35(22-32)49(53,54)55;/h3-10,12-17,21-22,26-27,29,37,39-42,57H,11,18-20,23-25,28,56H2,1-2H3,(H,58,64)(H,59,62)(H,60,63);1H/t37-,39-,40+,41-,42-;/m0./s1. The van der Waals surface area contributed by atoms with Crippen LogP contribution in [0.1, 0.15) is 66.5 Å². The van der Waals surface area contributed by atoms with E-state index < -0.39 is 95.5 Å². The molecule has 1 saturated heterocycles. The van der Waals surface area contributed by atoms with Gasteiger partial charge in [0.1, 0.15) is 30.8 Å². The molecular formula is C49H53ClF6N6O6. The highest BCUT2D eigenvalue weighted by Gasteiger charge is 2.41. The molecule has 68 heavy (non-hydrogen) atoms. The van der Waals surface area contributed by atoms with Gasteiger partial charge in [0.05, 0.1) is 17.2 Å². The zero-order valence-corrected chi connectivity index (χ0v) is 38.0. The molecule has 6 N–H and O–H groups in total. The van der Waals surface area contributed by atoms with Crippen molar-refractivity contribution >= 4 is 52.9 Å². The first-order valence-electron chi connectivity index (χ1n) is 21.8. The van der Waals surface area contributed by atoms with Gasteiger partial charge in [0.25, 0.3) is 0 Å². The highest BCUT2D eigenvalue weighted by molar-refractivity contribution is 5.96. The summed E-state index contributed by atoms with van der Waals surface area (Å²) in [6.45, 7) is 2.76. The molecule has 364 valence electrons. The van der Waals surface area contributed by atoms with E-state index in [-0.39, 0.29) is 63.0 Å². The largest absolute Gasteiger partial charge is 0.459 e. The Bertz CT molecular complexity index is 2490. The van der Waals surface area contributed by atoms with E-state index in [1.807, 2.05) is 36.4 Å². The number of amides is 4. The Kier molecular flexibility index (Phi) is 17.8. The molecule has 4 amide bonds. The summed E-state index contributed by atoms with van der Waals surface area (Å²) in [7, 11) is 0. The molecule has 2 heterocycles. The van der Waals surface area contributed by atoms with E-state index in [1.54, 1.807) is 68.6 Å². The number of benzene rings is 4. The number of carbonyl (C=O) groups excluding carboxylic acids is 5. The Balaban J connectivity index is 0.00000864. The molecule has 1 aliphatic rings. The molecule has 5 atom stereocenters. The number of nitrogens with two attached hydrogens (primary N) is 1. The number of nitrogens with one attached hydrogen (secondary N) is 4. The summed E-state index contributed by atoms with van der Waals surface area (Å²) in [6.07, 6.45) is -7.88. The van der Waals surface area contributed by atoms with Crippen molar-refractivity contribution in [1.29, 1.82) is 0 Å². The minimum absolute atomic E-state index is 0. The molecule has 6 rings (SSSR count). The first-order valence-corrected chi connectivity index (χ1v) is 21.8. The van der Waals surface area contributed by atoms with Crippen LogP contribution < -0.4 is 21.7 Å². The third kappa shape index (κ3) is 14.1. The summed E-state index contributed by atoms with van der Waals surface area (Å²) in [5, 5.41) is 8.85. The van der Waals surface area contributed by atoms with Crippen LogP contribution >= 0.6 is 12.4 Å². The molecule has 4 aromatic carbocycles. The van der Waals surface area contributed by atoms with Gasteiger partial charge in [0.2, 0.25) is 23.6 Å². The van der Waals surface area contributed by atoms with Crippen LogP contribution in [0.25, 0.3) is 10.9 Å². The van der Waals surface area contributed by atoms with E-state index >= 15 is 0 Å². The molecule has 1 aliphatic heterocycles. The van der Waals surface area contributed by atoms with E-state index in [0.717, 1.165) is 11.1 Å². The molecular weight excluding hydrogens is 918 g/mol. The highest BCUT2D eigenvalue weighted by Crippen LogP contribution is 2.36. The van der Waals surface area contributed by atoms with Crippen LogP contribution in [0.15, 0.2) is 109 Å². The predicted molar refractivity (Wildman–Crippen MR) is 244 cm³/mol. The smallest absolute Gasteiger partial charge is 0.416 e. The van der Waals surface area contributed by atoms with Crippen molar-refractivity contribution in [2.75, 3.05) is 6.54 Å². The second-order valence-corrected chi connectivity index (χ2v) is 17.1. The number of likely N-dealkylation sites (tertiary alicyclic amines) is 1. The van der Waals surface area contributed by atoms with Gasteiger partial charge in [-0.05, 0) is 78.1 Å². The number of H-pyrrole nitrogens is 1. The number of hydrogen-bond donors (Lipinski definition) is 5. The lowest BCUT2D eigenvalue weighted by Crippen LogP contribution is -2.58. The number of rotatable bonds is 18. The zero-order chi connectivity index (χ0) is 48.5. The lowest BCUT2D eigenvalue weighted by molar-refractivity contribution is -0.149. The number of alkyl halides is 6. The minimum Gasteiger partial charge on any atom is -0.459 e. The third-order valence-corrected chi connectivity index (χ3v) is 11.4. The van der Waals surface area contributed by atoms with Gasteiger partial charge in [-0.3, -0.25) is 19.2 Å². The molecule has 0 aliphatic carbocycles. The topological polar surface area (TPSA) is 176 Å². The van der Waals surface area contributed by atoms with E-state index in [4.69, 9.17) is 10.5 Å². The summed E-state index contributed by atoms with van der Waals surface area (Å²) < 4.78 is 87.0. The second-order valence-electron chi connectivity index (χ2n) is 17.1. The van der Waals surface area contributed by atoms with Crippen LogP contribution in [-0.2, 0) is 66.9 Å². The molecule has 0 spiro atoms. The number of para-hydroxylation sites is 1. The van der Waals surface area contributed by atoms with Crippen LogP contribution in [0.2, 0.25) is 0 Å². The maximum Gasteiger partial charge on any atom is 0.416 e. The summed E-state index contributed by atoms with van der Waals surface area (Å²) in [6, 6.07) is 20.0. The van der Waals surface area contributed by atoms with Crippen molar-refractivity contribution < 1.29 is 55.1 Å². The molecule has 5 aromatic rings. The number of nitrogens with zero attached hydrogens (tertiary/aromatic N) is 1. The van der Waals surface area contributed by atoms with Crippen LogP contribution in [0.4, 0.5) is 26.3 Å². The quantitative estimate of drug-likeness (QED) is 0.0455. The molecule has 12 nitrogen and oxygen atoms in total. The normalized spacial score (nSPS) is 15.7. The lowest BCUT2D eigenvalue weighted by atomic mass is 10.00.